The molecule has 0 bridgehead atoms. The van der Waals surface area contributed by atoms with Crippen LogP contribution in [0, 0.1) is 6.57 Å². The van der Waals surface area contributed by atoms with Gasteiger partial charge in [0.2, 0.25) is 11.8 Å². The molecule has 0 spiro atoms. The first-order valence-corrected chi connectivity index (χ1v) is 10.7. The maximum atomic E-state index is 12.7. The number of para-hydroxylation sites is 1. The molecule has 0 fully saturated rings. The molecule has 0 aliphatic carbocycles. The van der Waals surface area contributed by atoms with Crippen molar-refractivity contribution in [3.63, 3.8) is 0 Å². The smallest absolute Gasteiger partial charge is 0.256 e. The van der Waals surface area contributed by atoms with E-state index in [2.05, 4.69) is 25.5 Å². The molecule has 0 saturated carbocycles. The zero-order valence-electron chi connectivity index (χ0n) is 18.4. The Hall–Kier alpha value is -5.23. The minimum Gasteiger partial charge on any atom is -0.420 e. The Balaban J connectivity index is 1.25. The van der Waals surface area contributed by atoms with Crippen LogP contribution in [0.25, 0.3) is 22.0 Å². The molecule has 35 heavy (non-hydrogen) atoms. The number of anilines is 2. The van der Waals surface area contributed by atoms with Gasteiger partial charge in [0.1, 0.15) is 0 Å². The second-order valence-corrected chi connectivity index (χ2v) is 7.70. The predicted octanol–water partition coefficient (Wildman–Crippen LogP) is 4.90. The van der Waals surface area contributed by atoms with Gasteiger partial charge in [0.25, 0.3) is 5.91 Å². The van der Waals surface area contributed by atoms with Crippen molar-refractivity contribution < 1.29 is 9.21 Å². The lowest BCUT2D eigenvalue weighted by Crippen LogP contribution is -2.13. The number of hydrogen-bond acceptors (Lipinski definition) is 6. The maximum Gasteiger partial charge on any atom is 0.256 e. The maximum absolute atomic E-state index is 12.7. The summed E-state index contributed by atoms with van der Waals surface area (Å²) in [4.78, 5) is 16.1. The predicted molar refractivity (Wildman–Crippen MR) is 131 cm³/mol. The summed E-state index contributed by atoms with van der Waals surface area (Å²) < 4.78 is 7.37. The fourth-order valence-electron chi connectivity index (χ4n) is 3.48. The van der Waals surface area contributed by atoms with Crippen LogP contribution in [-0.4, -0.2) is 25.9 Å². The lowest BCUT2D eigenvalue weighted by atomic mass is 10.1. The molecule has 2 aromatic heterocycles. The van der Waals surface area contributed by atoms with E-state index in [4.69, 9.17) is 16.7 Å². The van der Waals surface area contributed by atoms with Gasteiger partial charge in [-0.2, -0.15) is 0 Å². The second-order valence-electron chi connectivity index (χ2n) is 7.70. The third kappa shape index (κ3) is 4.77. The van der Waals surface area contributed by atoms with E-state index in [9.17, 15) is 4.79 Å². The van der Waals surface area contributed by atoms with Crippen molar-refractivity contribution in [2.24, 2.45) is 0 Å². The summed E-state index contributed by atoms with van der Waals surface area (Å²) in [5.74, 6) is 0.767. The Bertz CT molecular complexity index is 1530. The molecule has 170 valence electrons. The lowest BCUT2D eigenvalue weighted by Gasteiger charge is -2.04. The molecule has 0 saturated heterocycles. The minimum atomic E-state index is -0.318. The van der Waals surface area contributed by atoms with Crippen molar-refractivity contribution >= 4 is 23.1 Å². The van der Waals surface area contributed by atoms with Crippen LogP contribution >= 0.6 is 0 Å². The van der Waals surface area contributed by atoms with Crippen LogP contribution in [0.3, 0.4) is 0 Å². The molecule has 0 aliphatic rings. The van der Waals surface area contributed by atoms with Crippen molar-refractivity contribution in [1.29, 1.82) is 0 Å². The van der Waals surface area contributed by atoms with Gasteiger partial charge in [0.05, 0.1) is 30.6 Å². The third-order valence-electron chi connectivity index (χ3n) is 5.26. The van der Waals surface area contributed by atoms with Crippen molar-refractivity contribution in [1.82, 2.24) is 20.0 Å². The van der Waals surface area contributed by atoms with E-state index in [1.807, 2.05) is 48.5 Å². The van der Waals surface area contributed by atoms with E-state index < -0.39 is 0 Å². The molecule has 2 heterocycles. The zero-order chi connectivity index (χ0) is 24.2. The van der Waals surface area contributed by atoms with Gasteiger partial charge in [0, 0.05) is 11.1 Å². The summed E-state index contributed by atoms with van der Waals surface area (Å²) in [6.45, 7) is 7.13. The Kier molecular flexibility index (Phi) is 5.76. The number of nitrogens with zero attached hydrogens (tertiary/aromatic N) is 5. The monoisotopic (exact) mass is 461 g/mol. The van der Waals surface area contributed by atoms with Gasteiger partial charge in [0.15, 0.2) is 11.5 Å². The largest absolute Gasteiger partial charge is 0.420 e. The Morgan fingerprint density at radius 1 is 1.03 bits per heavy atom. The van der Waals surface area contributed by atoms with Crippen molar-refractivity contribution in [2.75, 3.05) is 11.1 Å². The van der Waals surface area contributed by atoms with Gasteiger partial charge in [-0.3, -0.25) is 4.79 Å². The molecule has 3 aromatic carbocycles. The second kappa shape index (κ2) is 9.33. The first-order chi connectivity index (χ1) is 17.1. The molecule has 0 unspecified atom stereocenters. The van der Waals surface area contributed by atoms with Gasteiger partial charge < -0.3 is 15.5 Å². The summed E-state index contributed by atoms with van der Waals surface area (Å²) in [6.07, 6.45) is 2.07. The van der Waals surface area contributed by atoms with Gasteiger partial charge >= 0.3 is 0 Å². The number of hydrogen-bond donors (Lipinski definition) is 2. The highest BCUT2D eigenvalue weighted by molar-refractivity contribution is 6.05. The Morgan fingerprint density at radius 2 is 1.83 bits per heavy atom. The highest BCUT2D eigenvalue weighted by atomic mass is 16.4. The van der Waals surface area contributed by atoms with E-state index in [1.54, 1.807) is 41.2 Å². The molecule has 3 N–H and O–H groups in total. The topological polar surface area (TPSA) is 116 Å². The lowest BCUT2D eigenvalue weighted by molar-refractivity contribution is 0.102. The molecule has 1 amide bonds. The van der Waals surface area contributed by atoms with E-state index in [1.165, 1.54) is 0 Å². The summed E-state index contributed by atoms with van der Waals surface area (Å²) in [5.41, 5.74) is 9.81. The summed E-state index contributed by atoms with van der Waals surface area (Å²) in [6, 6.07) is 23.6. The summed E-state index contributed by atoms with van der Waals surface area (Å²) in [7, 11) is 0. The molecular formula is C26H19N7O2. The van der Waals surface area contributed by atoms with E-state index in [0.29, 0.717) is 46.5 Å². The van der Waals surface area contributed by atoms with Crippen LogP contribution in [0.15, 0.2) is 89.5 Å². The molecule has 9 heteroatoms. The van der Waals surface area contributed by atoms with Crippen LogP contribution in [0.2, 0.25) is 0 Å². The third-order valence-corrected chi connectivity index (χ3v) is 5.26. The highest BCUT2D eigenvalue weighted by Crippen LogP contribution is 2.24. The molecule has 0 aliphatic heterocycles. The Morgan fingerprint density at radius 3 is 2.60 bits per heavy atom. The van der Waals surface area contributed by atoms with E-state index in [0.717, 1.165) is 11.3 Å². The number of nitrogens with two attached hydrogens (primary N) is 1. The number of nitrogen functional groups attached to an aromatic ring is 1. The number of aromatic nitrogens is 4. The molecule has 5 aromatic rings. The quantitative estimate of drug-likeness (QED) is 0.348. The van der Waals surface area contributed by atoms with Gasteiger partial charge in [-0.15, -0.1) is 15.3 Å². The highest BCUT2D eigenvalue weighted by Gasteiger charge is 2.14. The summed E-state index contributed by atoms with van der Waals surface area (Å²) >= 11 is 0. The van der Waals surface area contributed by atoms with Crippen LogP contribution in [-0.2, 0) is 6.42 Å². The molecule has 0 atom stereocenters. The van der Waals surface area contributed by atoms with Crippen LogP contribution in [0.1, 0.15) is 21.8 Å². The number of carbonyl (C=O) groups excluding carboxylic acids is 1. The average molecular weight is 461 g/mol. The van der Waals surface area contributed by atoms with E-state index in [-0.39, 0.29) is 5.91 Å². The SMILES string of the molecule is [C-]#[N+]c1cccc(-c2nnc(Cc3ccc(C(=O)Nc4nn(-c5ccccc5)cc4N)cc3)o2)c1. The average Bonchev–Trinajstić information content (AvgIpc) is 3.51. The first kappa shape index (κ1) is 21.6. The number of carbonyl (C=O) groups is 1. The Labute approximate surface area is 200 Å². The van der Waals surface area contributed by atoms with Crippen molar-refractivity contribution in [3.05, 3.63) is 113 Å². The number of amides is 1. The van der Waals surface area contributed by atoms with Crippen LogP contribution in [0.5, 0.6) is 0 Å². The molecule has 0 radical (unpaired) electrons. The van der Waals surface area contributed by atoms with Gasteiger partial charge in [-0.05, 0) is 35.9 Å². The van der Waals surface area contributed by atoms with Gasteiger partial charge in [-0.1, -0.05) is 48.5 Å². The fraction of sp³-hybridized carbons (Fsp3) is 0.0385. The molecule has 5 rings (SSSR count). The van der Waals surface area contributed by atoms with Crippen LogP contribution < -0.4 is 11.1 Å². The normalized spacial score (nSPS) is 10.6. The standard InChI is InChI=1S/C26H19N7O2/c1-28-20-7-5-6-19(15-20)26-31-30-23(35-26)14-17-10-12-18(13-11-17)25(34)29-24-22(27)16-33(32-24)21-8-3-2-4-9-21/h2-13,15-16H,14,27H2,(H,29,32,34). The van der Waals surface area contributed by atoms with E-state index >= 15 is 0 Å². The van der Waals surface area contributed by atoms with Crippen molar-refractivity contribution in [2.45, 2.75) is 6.42 Å². The first-order valence-electron chi connectivity index (χ1n) is 10.7. The number of rotatable bonds is 6. The zero-order valence-corrected chi connectivity index (χ0v) is 18.4. The minimum absolute atomic E-state index is 0.295. The van der Waals surface area contributed by atoms with Crippen molar-refractivity contribution in [3.8, 4) is 17.1 Å². The molecular weight excluding hydrogens is 442 g/mol. The van der Waals surface area contributed by atoms with Crippen LogP contribution in [0.4, 0.5) is 17.2 Å². The molecule has 9 nitrogen and oxygen atoms in total. The van der Waals surface area contributed by atoms with Gasteiger partial charge in [-0.25, -0.2) is 9.53 Å². The number of nitrogens with one attached hydrogen (secondary N) is 1. The number of benzene rings is 3. The summed E-state index contributed by atoms with van der Waals surface area (Å²) in [5, 5.41) is 15.3. The fourth-order valence-corrected chi connectivity index (χ4v) is 3.48.